The van der Waals surface area contributed by atoms with Gasteiger partial charge in [0.2, 0.25) is 0 Å². The second-order valence-corrected chi connectivity index (χ2v) is 10.1. The lowest BCUT2D eigenvalue weighted by Crippen LogP contribution is -2.13. The van der Waals surface area contributed by atoms with Crippen molar-refractivity contribution >= 4 is 95.9 Å². The number of carbonyl (C=O) groups is 1. The lowest BCUT2D eigenvalue weighted by molar-refractivity contribution is -0.112. The number of benzene rings is 3. The number of hydrogen-bond acceptors (Lipinski definition) is 4. The van der Waals surface area contributed by atoms with E-state index in [1.54, 1.807) is 36.4 Å². The number of halogens is 6. The summed E-state index contributed by atoms with van der Waals surface area (Å²) in [4.78, 5) is 12.7. The standard InChI is InChI=1S/C24H14Br2Cl4N2O3/c1-34-20-8-13(7-14(10-31)24(33)32-15-3-5-17(28)19(30)9-15)21(25)22(26)23(20)35-11-12-2-4-16(27)18(29)6-12/h2-9H,11H2,1H3,(H,32,33)/b14-7-. The van der Waals surface area contributed by atoms with E-state index in [2.05, 4.69) is 37.2 Å². The fourth-order valence-corrected chi connectivity index (χ4v) is 4.42. The van der Waals surface area contributed by atoms with Crippen LogP contribution >= 0.6 is 78.3 Å². The Morgan fingerprint density at radius 3 is 2.26 bits per heavy atom. The summed E-state index contributed by atoms with van der Waals surface area (Å²) in [5.41, 5.74) is 1.57. The van der Waals surface area contributed by atoms with Gasteiger partial charge in [0.05, 0.1) is 31.7 Å². The van der Waals surface area contributed by atoms with Crippen LogP contribution in [0.25, 0.3) is 6.08 Å². The van der Waals surface area contributed by atoms with Gasteiger partial charge >= 0.3 is 0 Å². The molecule has 0 spiro atoms. The Kier molecular flexibility index (Phi) is 9.77. The van der Waals surface area contributed by atoms with E-state index in [-0.39, 0.29) is 17.2 Å². The normalized spacial score (nSPS) is 11.1. The van der Waals surface area contributed by atoms with Crippen molar-refractivity contribution in [2.45, 2.75) is 6.61 Å². The Morgan fingerprint density at radius 1 is 1.00 bits per heavy atom. The highest BCUT2D eigenvalue weighted by molar-refractivity contribution is 9.13. The van der Waals surface area contributed by atoms with Crippen LogP contribution in [0, 0.1) is 11.3 Å². The molecule has 0 unspecified atom stereocenters. The number of anilines is 1. The Balaban J connectivity index is 1.88. The predicted molar refractivity (Wildman–Crippen MR) is 148 cm³/mol. The number of rotatable bonds is 7. The van der Waals surface area contributed by atoms with Gasteiger partial charge in [0.1, 0.15) is 18.2 Å². The van der Waals surface area contributed by atoms with Crippen molar-refractivity contribution in [3.63, 3.8) is 0 Å². The zero-order chi connectivity index (χ0) is 25.7. The molecule has 0 aromatic heterocycles. The molecule has 0 aliphatic heterocycles. The topological polar surface area (TPSA) is 71.3 Å². The van der Waals surface area contributed by atoms with Gasteiger partial charge in [0.25, 0.3) is 5.91 Å². The Bertz CT molecular complexity index is 1370. The quantitative estimate of drug-likeness (QED) is 0.200. The minimum Gasteiger partial charge on any atom is -0.493 e. The fraction of sp³-hybridized carbons (Fsp3) is 0.0833. The summed E-state index contributed by atoms with van der Waals surface area (Å²) in [5, 5.41) is 13.7. The molecule has 0 aliphatic carbocycles. The van der Waals surface area contributed by atoms with E-state index in [1.165, 1.54) is 19.3 Å². The monoisotopic (exact) mass is 676 g/mol. The number of amides is 1. The average Bonchev–Trinajstić information content (AvgIpc) is 2.83. The van der Waals surface area contributed by atoms with Crippen LogP contribution in [0.3, 0.4) is 0 Å². The molecule has 0 bridgehead atoms. The molecule has 0 fully saturated rings. The second-order valence-electron chi connectivity index (χ2n) is 6.92. The van der Waals surface area contributed by atoms with Crippen LogP contribution in [-0.4, -0.2) is 13.0 Å². The SMILES string of the molecule is COc1cc(/C=C(/C#N)C(=O)Nc2ccc(Cl)c(Cl)c2)c(Br)c(Br)c1OCc1ccc(Cl)c(Cl)c1. The highest BCUT2D eigenvalue weighted by Crippen LogP contribution is 2.44. The van der Waals surface area contributed by atoms with Crippen molar-refractivity contribution in [2.24, 2.45) is 0 Å². The van der Waals surface area contributed by atoms with Crippen molar-refractivity contribution in [2.75, 3.05) is 12.4 Å². The summed E-state index contributed by atoms with van der Waals surface area (Å²) in [6, 6.07) is 13.4. The zero-order valence-corrected chi connectivity index (χ0v) is 24.0. The summed E-state index contributed by atoms with van der Waals surface area (Å²) in [5.74, 6) is 0.183. The van der Waals surface area contributed by atoms with E-state index in [4.69, 9.17) is 55.9 Å². The Morgan fingerprint density at radius 2 is 1.66 bits per heavy atom. The van der Waals surface area contributed by atoms with Gasteiger partial charge in [-0.3, -0.25) is 4.79 Å². The van der Waals surface area contributed by atoms with Gasteiger partial charge in [-0.15, -0.1) is 0 Å². The highest BCUT2D eigenvalue weighted by Gasteiger charge is 2.19. The van der Waals surface area contributed by atoms with Crippen LogP contribution in [0.1, 0.15) is 11.1 Å². The first-order valence-electron chi connectivity index (χ1n) is 9.65. The Hall–Kier alpha value is -1.92. The molecule has 3 rings (SSSR count). The summed E-state index contributed by atoms with van der Waals surface area (Å²) in [6.07, 6.45) is 1.42. The molecule has 1 N–H and O–H groups in total. The van der Waals surface area contributed by atoms with Gasteiger partial charge < -0.3 is 14.8 Å². The number of nitriles is 1. The molecule has 180 valence electrons. The summed E-state index contributed by atoms with van der Waals surface area (Å²) < 4.78 is 12.5. The molecule has 0 heterocycles. The number of methoxy groups -OCH3 is 1. The minimum absolute atomic E-state index is 0.143. The third-order valence-corrected chi connectivity index (χ3v) is 8.21. The molecule has 0 atom stereocenters. The summed E-state index contributed by atoms with van der Waals surface area (Å²) in [7, 11) is 1.48. The third kappa shape index (κ3) is 6.85. The molecule has 35 heavy (non-hydrogen) atoms. The van der Waals surface area contributed by atoms with Crippen LogP contribution in [0.5, 0.6) is 11.5 Å². The van der Waals surface area contributed by atoms with Crippen LogP contribution < -0.4 is 14.8 Å². The molecular formula is C24H14Br2Cl4N2O3. The highest BCUT2D eigenvalue weighted by atomic mass is 79.9. The molecule has 3 aromatic carbocycles. The molecule has 1 amide bonds. The Labute approximate surface area is 238 Å². The molecule has 11 heteroatoms. The number of nitrogens with zero attached hydrogens (tertiary/aromatic N) is 1. The first kappa shape index (κ1) is 27.7. The van der Waals surface area contributed by atoms with E-state index in [9.17, 15) is 10.1 Å². The van der Waals surface area contributed by atoms with E-state index in [0.717, 1.165) is 5.56 Å². The van der Waals surface area contributed by atoms with E-state index < -0.39 is 5.91 Å². The maximum atomic E-state index is 12.7. The number of ether oxygens (including phenoxy) is 2. The van der Waals surface area contributed by atoms with Crippen molar-refractivity contribution in [1.82, 2.24) is 0 Å². The molecule has 0 saturated heterocycles. The largest absolute Gasteiger partial charge is 0.493 e. The zero-order valence-electron chi connectivity index (χ0n) is 17.8. The smallest absolute Gasteiger partial charge is 0.266 e. The van der Waals surface area contributed by atoms with Crippen molar-refractivity contribution in [1.29, 1.82) is 5.26 Å². The average molecular weight is 680 g/mol. The van der Waals surface area contributed by atoms with Gasteiger partial charge in [-0.1, -0.05) is 52.5 Å². The fourth-order valence-electron chi connectivity index (χ4n) is 2.86. The van der Waals surface area contributed by atoms with E-state index in [0.29, 0.717) is 46.8 Å². The van der Waals surface area contributed by atoms with Gasteiger partial charge in [-0.25, -0.2) is 0 Å². The van der Waals surface area contributed by atoms with Gasteiger partial charge in [0.15, 0.2) is 11.5 Å². The molecule has 3 aromatic rings. The maximum Gasteiger partial charge on any atom is 0.266 e. The molecule has 5 nitrogen and oxygen atoms in total. The van der Waals surface area contributed by atoms with Crippen molar-refractivity contribution < 1.29 is 14.3 Å². The van der Waals surface area contributed by atoms with Crippen molar-refractivity contribution in [3.8, 4) is 17.6 Å². The maximum absolute atomic E-state index is 12.7. The van der Waals surface area contributed by atoms with Crippen LogP contribution in [-0.2, 0) is 11.4 Å². The second kappa shape index (κ2) is 12.4. The number of hydrogen-bond donors (Lipinski definition) is 1. The van der Waals surface area contributed by atoms with Crippen molar-refractivity contribution in [3.05, 3.63) is 88.2 Å². The van der Waals surface area contributed by atoms with Crippen LogP contribution in [0.2, 0.25) is 20.1 Å². The van der Waals surface area contributed by atoms with Gasteiger partial charge in [0, 0.05) is 10.2 Å². The van der Waals surface area contributed by atoms with Gasteiger partial charge in [-0.2, -0.15) is 5.26 Å². The van der Waals surface area contributed by atoms with E-state index >= 15 is 0 Å². The third-order valence-electron chi connectivity index (χ3n) is 4.59. The number of nitrogens with one attached hydrogen (secondary N) is 1. The minimum atomic E-state index is -0.618. The summed E-state index contributed by atoms with van der Waals surface area (Å²) in [6.45, 7) is 0.197. The lowest BCUT2D eigenvalue weighted by atomic mass is 10.1. The predicted octanol–water partition coefficient (Wildman–Crippen LogP) is 8.96. The van der Waals surface area contributed by atoms with Crippen LogP contribution in [0.4, 0.5) is 5.69 Å². The molecule has 0 saturated carbocycles. The first-order chi connectivity index (χ1) is 16.6. The first-order valence-corrected chi connectivity index (χ1v) is 12.7. The lowest BCUT2D eigenvalue weighted by Gasteiger charge is -2.16. The molecular weight excluding hydrogens is 666 g/mol. The summed E-state index contributed by atoms with van der Waals surface area (Å²) >= 11 is 30.9. The molecule has 0 aliphatic rings. The van der Waals surface area contributed by atoms with Gasteiger partial charge in [-0.05, 0) is 85.5 Å². The molecule has 0 radical (unpaired) electrons. The van der Waals surface area contributed by atoms with E-state index in [1.807, 2.05) is 6.07 Å². The van der Waals surface area contributed by atoms with Crippen LogP contribution in [0.15, 0.2) is 57.0 Å². The number of carbonyl (C=O) groups excluding carboxylic acids is 1.